The molecule has 0 aromatic carbocycles. The Morgan fingerprint density at radius 2 is 1.50 bits per heavy atom. The lowest BCUT2D eigenvalue weighted by Crippen LogP contribution is -2.20. The average molecular weight is 360 g/mol. The van der Waals surface area contributed by atoms with Gasteiger partial charge in [0.15, 0.2) is 0 Å². The summed E-state index contributed by atoms with van der Waals surface area (Å²) in [6.07, 6.45) is 20.1. The third-order valence-corrected chi connectivity index (χ3v) is 6.12. The van der Waals surface area contributed by atoms with Crippen molar-refractivity contribution in [2.24, 2.45) is 0 Å². The van der Waals surface area contributed by atoms with Gasteiger partial charge in [-0.1, -0.05) is 78.1 Å². The Labute approximate surface area is 161 Å². The molecule has 0 saturated heterocycles. The minimum Gasteiger partial charge on any atom is -0.326 e. The van der Waals surface area contributed by atoms with Gasteiger partial charge in [0, 0.05) is 11.3 Å². The summed E-state index contributed by atoms with van der Waals surface area (Å²) in [7, 11) is 0. The van der Waals surface area contributed by atoms with Crippen molar-refractivity contribution in [1.29, 1.82) is 0 Å². The smallest absolute Gasteiger partial charge is 0.251 e. The number of hydrogen-bond acceptors (Lipinski definition) is 1. The Balaban J connectivity index is 2.13. The van der Waals surface area contributed by atoms with Crippen molar-refractivity contribution in [3.63, 3.8) is 0 Å². The molecule has 1 heterocycles. The van der Waals surface area contributed by atoms with Crippen molar-refractivity contribution >= 4 is 0 Å². The second-order valence-corrected chi connectivity index (χ2v) is 8.37. The number of fused-ring (bicyclic) bond motifs is 1. The summed E-state index contributed by atoms with van der Waals surface area (Å²) in [4.78, 5) is 16.2. The molecule has 0 saturated carbocycles. The van der Waals surface area contributed by atoms with Crippen LogP contribution in [-0.2, 0) is 12.8 Å². The van der Waals surface area contributed by atoms with Gasteiger partial charge in [-0.2, -0.15) is 0 Å². The Hall–Kier alpha value is -1.05. The van der Waals surface area contributed by atoms with E-state index in [1.54, 1.807) is 0 Å². The molecule has 2 nitrogen and oxygen atoms in total. The maximum Gasteiger partial charge on any atom is 0.251 e. The number of rotatable bonds is 10. The van der Waals surface area contributed by atoms with E-state index in [4.69, 9.17) is 0 Å². The molecule has 1 atom stereocenters. The Kier molecular flexibility index (Phi) is 10.1. The van der Waals surface area contributed by atoms with E-state index in [1.807, 2.05) is 0 Å². The second kappa shape index (κ2) is 12.4. The van der Waals surface area contributed by atoms with Gasteiger partial charge >= 0.3 is 0 Å². The molecule has 1 unspecified atom stereocenters. The molecule has 1 aromatic rings. The molecule has 0 spiro atoms. The average Bonchev–Trinajstić information content (AvgIpc) is 2.75. The summed E-state index contributed by atoms with van der Waals surface area (Å²) >= 11 is 0. The lowest BCUT2D eigenvalue weighted by atomic mass is 9.87. The van der Waals surface area contributed by atoms with Crippen LogP contribution in [0.1, 0.15) is 126 Å². The van der Waals surface area contributed by atoms with Crippen LogP contribution in [0.2, 0.25) is 0 Å². The van der Waals surface area contributed by atoms with Gasteiger partial charge < -0.3 is 4.98 Å². The highest BCUT2D eigenvalue weighted by Crippen LogP contribution is 2.28. The molecule has 1 aliphatic rings. The van der Waals surface area contributed by atoms with E-state index in [-0.39, 0.29) is 5.56 Å². The van der Waals surface area contributed by atoms with Gasteiger partial charge in [0.05, 0.1) is 0 Å². The van der Waals surface area contributed by atoms with Crippen LogP contribution in [0.5, 0.6) is 0 Å². The normalized spacial score (nSPS) is 16.4. The topological polar surface area (TPSA) is 32.9 Å². The van der Waals surface area contributed by atoms with Crippen LogP contribution in [0, 0.1) is 0 Å². The standard InChI is InChI=1S/C24H41NO/c1-3-5-7-9-12-16-20(15-6-4-2)22-19-21-17-13-10-8-11-14-18-23(21)25-24(22)26/h19-20H,3-18H2,1-2H3,(H,25,26). The van der Waals surface area contributed by atoms with Gasteiger partial charge in [0.25, 0.3) is 5.56 Å². The van der Waals surface area contributed by atoms with Gasteiger partial charge in [-0.15, -0.1) is 0 Å². The number of aryl methyl sites for hydroxylation is 2. The quantitative estimate of drug-likeness (QED) is 0.446. The SMILES string of the molecule is CCCCCCCC(CCCC)c1cc2c([nH]c1=O)CCCCCCC2. The predicted octanol–water partition coefficient (Wildman–Crippen LogP) is 7.06. The van der Waals surface area contributed by atoms with Crippen LogP contribution in [0.25, 0.3) is 0 Å². The van der Waals surface area contributed by atoms with E-state index >= 15 is 0 Å². The zero-order chi connectivity index (χ0) is 18.6. The molecule has 0 amide bonds. The molecular formula is C24H41NO. The van der Waals surface area contributed by atoms with Crippen molar-refractivity contribution in [3.05, 3.63) is 33.2 Å². The molecule has 0 bridgehead atoms. The fourth-order valence-electron chi connectivity index (χ4n) is 4.43. The van der Waals surface area contributed by atoms with Crippen LogP contribution in [-0.4, -0.2) is 4.98 Å². The molecule has 1 N–H and O–H groups in total. The number of hydrogen-bond donors (Lipinski definition) is 1. The zero-order valence-electron chi connectivity index (χ0n) is 17.4. The number of pyridine rings is 1. The first kappa shape index (κ1) is 21.3. The first-order valence-corrected chi connectivity index (χ1v) is 11.5. The first-order valence-electron chi connectivity index (χ1n) is 11.5. The maximum absolute atomic E-state index is 12.9. The molecular weight excluding hydrogens is 318 g/mol. The minimum atomic E-state index is 0.206. The summed E-state index contributed by atoms with van der Waals surface area (Å²) in [5.74, 6) is 0.457. The van der Waals surface area contributed by atoms with E-state index in [0.717, 1.165) is 18.4 Å². The molecule has 1 aliphatic carbocycles. The van der Waals surface area contributed by atoms with Gasteiger partial charge in [-0.25, -0.2) is 0 Å². The number of aromatic nitrogens is 1. The number of unbranched alkanes of at least 4 members (excludes halogenated alkanes) is 5. The highest BCUT2D eigenvalue weighted by Gasteiger charge is 2.18. The summed E-state index contributed by atoms with van der Waals surface area (Å²) < 4.78 is 0. The number of aromatic amines is 1. The second-order valence-electron chi connectivity index (χ2n) is 8.37. The third kappa shape index (κ3) is 6.93. The Morgan fingerprint density at radius 3 is 2.27 bits per heavy atom. The highest BCUT2D eigenvalue weighted by atomic mass is 16.1. The summed E-state index contributed by atoms with van der Waals surface area (Å²) in [5, 5.41) is 0. The fraction of sp³-hybridized carbons (Fsp3) is 0.792. The molecule has 2 rings (SSSR count). The predicted molar refractivity (Wildman–Crippen MR) is 113 cm³/mol. The molecule has 2 heteroatoms. The number of H-pyrrole nitrogens is 1. The van der Waals surface area contributed by atoms with E-state index in [2.05, 4.69) is 24.9 Å². The van der Waals surface area contributed by atoms with Crippen LogP contribution >= 0.6 is 0 Å². The highest BCUT2D eigenvalue weighted by molar-refractivity contribution is 5.28. The van der Waals surface area contributed by atoms with Crippen molar-refractivity contribution in [2.75, 3.05) is 0 Å². The monoisotopic (exact) mass is 359 g/mol. The fourth-order valence-corrected chi connectivity index (χ4v) is 4.43. The maximum atomic E-state index is 12.9. The van der Waals surface area contributed by atoms with Crippen LogP contribution in [0.15, 0.2) is 10.9 Å². The summed E-state index contributed by atoms with van der Waals surface area (Å²) in [6.45, 7) is 4.52. The van der Waals surface area contributed by atoms with Crippen LogP contribution in [0.3, 0.4) is 0 Å². The van der Waals surface area contributed by atoms with Crippen molar-refractivity contribution in [1.82, 2.24) is 4.98 Å². The van der Waals surface area contributed by atoms with Crippen molar-refractivity contribution < 1.29 is 0 Å². The number of nitrogens with one attached hydrogen (secondary N) is 1. The first-order chi connectivity index (χ1) is 12.8. The van der Waals surface area contributed by atoms with Gasteiger partial charge in [0.2, 0.25) is 0 Å². The molecule has 26 heavy (non-hydrogen) atoms. The van der Waals surface area contributed by atoms with E-state index in [0.29, 0.717) is 5.92 Å². The molecule has 148 valence electrons. The summed E-state index contributed by atoms with van der Waals surface area (Å²) in [6, 6.07) is 2.31. The van der Waals surface area contributed by atoms with E-state index in [9.17, 15) is 4.79 Å². The third-order valence-electron chi connectivity index (χ3n) is 6.12. The van der Waals surface area contributed by atoms with E-state index < -0.39 is 0 Å². The van der Waals surface area contributed by atoms with E-state index in [1.165, 1.54) is 101 Å². The molecule has 1 aromatic heterocycles. The van der Waals surface area contributed by atoms with Gasteiger partial charge in [-0.05, 0) is 56.1 Å². The van der Waals surface area contributed by atoms with Crippen LogP contribution in [0.4, 0.5) is 0 Å². The van der Waals surface area contributed by atoms with Crippen LogP contribution < -0.4 is 5.56 Å². The largest absolute Gasteiger partial charge is 0.326 e. The van der Waals surface area contributed by atoms with Gasteiger partial charge in [-0.3, -0.25) is 4.79 Å². The molecule has 0 radical (unpaired) electrons. The zero-order valence-corrected chi connectivity index (χ0v) is 17.4. The minimum absolute atomic E-state index is 0.206. The lowest BCUT2D eigenvalue weighted by molar-refractivity contribution is 0.500. The Morgan fingerprint density at radius 1 is 0.846 bits per heavy atom. The van der Waals surface area contributed by atoms with Gasteiger partial charge in [0.1, 0.15) is 0 Å². The summed E-state index contributed by atoms with van der Waals surface area (Å²) in [5.41, 5.74) is 3.97. The molecule has 0 fully saturated rings. The van der Waals surface area contributed by atoms with Crippen molar-refractivity contribution in [3.8, 4) is 0 Å². The lowest BCUT2D eigenvalue weighted by Gasteiger charge is -2.19. The molecule has 0 aliphatic heterocycles. The van der Waals surface area contributed by atoms with Crippen molar-refractivity contribution in [2.45, 2.75) is 122 Å². The Bertz CT molecular complexity index is 560.